The molecule has 0 aliphatic rings. The van der Waals surface area contributed by atoms with Gasteiger partial charge in [0.25, 0.3) is 0 Å². The van der Waals surface area contributed by atoms with Gasteiger partial charge in [0.1, 0.15) is 11.5 Å². The van der Waals surface area contributed by atoms with Crippen LogP contribution in [0.4, 0.5) is 24.7 Å². The van der Waals surface area contributed by atoms with Crippen molar-refractivity contribution in [1.82, 2.24) is 10.2 Å². The normalized spacial score (nSPS) is 11.0. The molecule has 2 aromatic rings. The molecule has 0 saturated heterocycles. The van der Waals surface area contributed by atoms with Gasteiger partial charge in [0.15, 0.2) is 11.5 Å². The summed E-state index contributed by atoms with van der Waals surface area (Å²) in [5.74, 6) is 0.740. The lowest BCUT2D eigenvalue weighted by molar-refractivity contribution is -0.141. The number of nitrogens with one attached hydrogen (secondary N) is 1. The predicted molar refractivity (Wildman–Crippen MR) is 88.5 cm³/mol. The van der Waals surface area contributed by atoms with Crippen LogP contribution in [0.1, 0.15) is 5.69 Å². The number of benzene rings is 1. The van der Waals surface area contributed by atoms with E-state index >= 15 is 0 Å². The maximum Gasteiger partial charge on any atom is 0.435 e. The summed E-state index contributed by atoms with van der Waals surface area (Å²) in [6, 6.07) is 6.83. The van der Waals surface area contributed by atoms with Crippen LogP contribution in [-0.4, -0.2) is 43.9 Å². The minimum atomic E-state index is -4.56. The smallest absolute Gasteiger partial charge is 0.435 e. The number of nitrogens with zero attached hydrogens (tertiary/aromatic N) is 3. The Kier molecular flexibility index (Phi) is 5.86. The van der Waals surface area contributed by atoms with Gasteiger partial charge in [-0.25, -0.2) is 0 Å². The summed E-state index contributed by atoms with van der Waals surface area (Å²) in [5.41, 5.74) is -0.638. The maximum atomic E-state index is 12.5. The summed E-state index contributed by atoms with van der Waals surface area (Å²) in [4.78, 5) is 13.5. The first-order chi connectivity index (χ1) is 12.2. The second kappa shape index (κ2) is 7.89. The molecule has 0 saturated carbocycles. The minimum absolute atomic E-state index is 0.136. The van der Waals surface area contributed by atoms with Crippen molar-refractivity contribution < 1.29 is 27.4 Å². The van der Waals surface area contributed by atoms with Crippen molar-refractivity contribution in [1.29, 1.82) is 0 Å². The largest absolute Gasteiger partial charge is 0.497 e. The maximum absolute atomic E-state index is 12.5. The fraction of sp³-hybridized carbons (Fsp3) is 0.312. The van der Waals surface area contributed by atoms with Crippen LogP contribution in [0.3, 0.4) is 0 Å². The van der Waals surface area contributed by atoms with Gasteiger partial charge in [0, 0.05) is 30.9 Å². The summed E-state index contributed by atoms with van der Waals surface area (Å²) in [6.45, 7) is -0.139. The fourth-order valence-corrected chi connectivity index (χ4v) is 2.06. The Morgan fingerprint density at radius 1 is 1.12 bits per heavy atom. The first-order valence-electron chi connectivity index (χ1n) is 7.38. The molecule has 7 nitrogen and oxygen atoms in total. The lowest BCUT2D eigenvalue weighted by Crippen LogP contribution is -2.31. The van der Waals surface area contributed by atoms with E-state index < -0.39 is 17.8 Å². The molecule has 1 amide bonds. The van der Waals surface area contributed by atoms with Gasteiger partial charge in [-0.05, 0) is 12.1 Å². The molecule has 1 aromatic carbocycles. The van der Waals surface area contributed by atoms with Gasteiger partial charge in [0.2, 0.25) is 5.91 Å². The molecule has 10 heteroatoms. The summed E-state index contributed by atoms with van der Waals surface area (Å²) in [5, 5.41) is 9.28. The van der Waals surface area contributed by atoms with Crippen LogP contribution in [-0.2, 0) is 11.0 Å². The average Bonchev–Trinajstić information content (AvgIpc) is 2.60. The number of likely N-dealkylation sites (N-methyl/N-ethyl adjacent to an activating group) is 1. The zero-order valence-corrected chi connectivity index (χ0v) is 14.3. The summed E-state index contributed by atoms with van der Waals surface area (Å²) < 4.78 is 47.7. The number of ether oxygens (including phenoxy) is 2. The number of carbonyl (C=O) groups excluding carboxylic acids is 1. The van der Waals surface area contributed by atoms with Crippen molar-refractivity contribution in [2.45, 2.75) is 6.18 Å². The second-order valence-corrected chi connectivity index (χ2v) is 5.28. The molecule has 0 aliphatic carbocycles. The fourth-order valence-electron chi connectivity index (χ4n) is 2.06. The highest BCUT2D eigenvalue weighted by Crippen LogP contribution is 2.28. The van der Waals surface area contributed by atoms with Crippen molar-refractivity contribution in [3.63, 3.8) is 0 Å². The standard InChI is InChI=1S/C16H17F3N4O3/c1-23(14-5-4-13(21-22-14)16(17,18)19)9-15(24)20-10-6-11(25-2)8-12(7-10)26-3/h4-8H,9H2,1-3H3,(H,20,24). The van der Waals surface area contributed by atoms with Gasteiger partial charge in [-0.3, -0.25) is 4.79 Å². The molecule has 0 radical (unpaired) electrons. The van der Waals surface area contributed by atoms with Crippen LogP contribution < -0.4 is 19.7 Å². The Hall–Kier alpha value is -3.04. The quantitative estimate of drug-likeness (QED) is 0.842. The van der Waals surface area contributed by atoms with Crippen LogP contribution in [0.25, 0.3) is 0 Å². The number of halogens is 3. The van der Waals surface area contributed by atoms with E-state index in [0.29, 0.717) is 17.2 Å². The zero-order valence-electron chi connectivity index (χ0n) is 14.3. The number of rotatable bonds is 6. The van der Waals surface area contributed by atoms with Gasteiger partial charge >= 0.3 is 6.18 Å². The Morgan fingerprint density at radius 3 is 2.19 bits per heavy atom. The van der Waals surface area contributed by atoms with E-state index in [1.807, 2.05) is 0 Å². The highest BCUT2D eigenvalue weighted by atomic mass is 19.4. The van der Waals surface area contributed by atoms with Crippen LogP contribution >= 0.6 is 0 Å². The van der Waals surface area contributed by atoms with E-state index in [-0.39, 0.29) is 12.4 Å². The van der Waals surface area contributed by atoms with Crippen LogP contribution in [0, 0.1) is 0 Å². The van der Waals surface area contributed by atoms with Gasteiger partial charge < -0.3 is 19.7 Å². The molecule has 0 spiro atoms. The lowest BCUT2D eigenvalue weighted by atomic mass is 10.2. The van der Waals surface area contributed by atoms with Gasteiger partial charge in [0.05, 0.1) is 20.8 Å². The van der Waals surface area contributed by atoms with Gasteiger partial charge in [-0.1, -0.05) is 0 Å². The number of hydrogen-bond acceptors (Lipinski definition) is 6. The minimum Gasteiger partial charge on any atom is -0.497 e. The van der Waals surface area contributed by atoms with E-state index in [9.17, 15) is 18.0 Å². The zero-order chi connectivity index (χ0) is 19.3. The topological polar surface area (TPSA) is 76.6 Å². The third-order valence-corrected chi connectivity index (χ3v) is 3.35. The Labute approximate surface area is 147 Å². The molecule has 0 fully saturated rings. The average molecular weight is 370 g/mol. The Morgan fingerprint density at radius 2 is 1.73 bits per heavy atom. The van der Waals surface area contributed by atoms with Crippen LogP contribution in [0.5, 0.6) is 11.5 Å². The van der Waals surface area contributed by atoms with E-state index in [4.69, 9.17) is 9.47 Å². The van der Waals surface area contributed by atoms with E-state index in [0.717, 1.165) is 12.1 Å². The molecule has 140 valence electrons. The second-order valence-electron chi connectivity index (χ2n) is 5.28. The predicted octanol–water partition coefficient (Wildman–Crippen LogP) is 2.59. The number of hydrogen-bond donors (Lipinski definition) is 1. The number of carbonyl (C=O) groups is 1. The highest BCUT2D eigenvalue weighted by molar-refractivity contribution is 5.94. The van der Waals surface area contributed by atoms with Crippen LogP contribution in [0.2, 0.25) is 0 Å². The molecule has 0 aliphatic heterocycles. The third-order valence-electron chi connectivity index (χ3n) is 3.35. The van der Waals surface area contributed by atoms with E-state index in [2.05, 4.69) is 15.5 Å². The molecule has 1 N–H and O–H groups in total. The molecule has 0 bridgehead atoms. The summed E-state index contributed by atoms with van der Waals surface area (Å²) >= 11 is 0. The van der Waals surface area contributed by atoms with Gasteiger partial charge in [-0.2, -0.15) is 13.2 Å². The molecule has 0 atom stereocenters. The monoisotopic (exact) mass is 370 g/mol. The highest BCUT2D eigenvalue weighted by Gasteiger charge is 2.33. The molecule has 0 unspecified atom stereocenters. The number of alkyl halides is 3. The molecular formula is C16H17F3N4O3. The van der Waals surface area contributed by atoms with Crippen LogP contribution in [0.15, 0.2) is 30.3 Å². The van der Waals surface area contributed by atoms with Gasteiger partial charge in [-0.15, -0.1) is 10.2 Å². The molecule has 1 aromatic heterocycles. The van der Waals surface area contributed by atoms with Crippen molar-refractivity contribution in [2.24, 2.45) is 0 Å². The van der Waals surface area contributed by atoms with Crippen molar-refractivity contribution >= 4 is 17.4 Å². The molecule has 1 heterocycles. The number of anilines is 2. The van der Waals surface area contributed by atoms with Crippen molar-refractivity contribution in [2.75, 3.05) is 38.0 Å². The number of amides is 1. The first kappa shape index (κ1) is 19.3. The molecule has 2 rings (SSSR count). The third kappa shape index (κ3) is 4.98. The Bertz CT molecular complexity index is 744. The SMILES string of the molecule is COc1cc(NC(=O)CN(C)c2ccc(C(F)(F)F)nn2)cc(OC)c1. The van der Waals surface area contributed by atoms with E-state index in [1.54, 1.807) is 18.2 Å². The molecular weight excluding hydrogens is 353 g/mol. The Balaban J connectivity index is 2.03. The summed E-state index contributed by atoms with van der Waals surface area (Å²) in [6.07, 6.45) is -4.56. The number of aromatic nitrogens is 2. The molecule has 26 heavy (non-hydrogen) atoms. The summed E-state index contributed by atoms with van der Waals surface area (Å²) in [7, 11) is 4.48. The lowest BCUT2D eigenvalue weighted by Gasteiger charge is -2.18. The first-order valence-corrected chi connectivity index (χ1v) is 7.38. The van der Waals surface area contributed by atoms with Crippen molar-refractivity contribution in [3.05, 3.63) is 36.0 Å². The number of methoxy groups -OCH3 is 2. The van der Waals surface area contributed by atoms with Crippen molar-refractivity contribution in [3.8, 4) is 11.5 Å². The van der Waals surface area contributed by atoms with E-state index in [1.165, 1.54) is 26.2 Å².